The van der Waals surface area contributed by atoms with Crippen molar-refractivity contribution in [3.8, 4) is 16.9 Å². The summed E-state index contributed by atoms with van der Waals surface area (Å²) in [4.78, 5) is 25.9. The highest BCUT2D eigenvalue weighted by Gasteiger charge is 2.30. The third-order valence-corrected chi connectivity index (χ3v) is 5.62. The second-order valence-electron chi connectivity index (χ2n) is 7.58. The van der Waals surface area contributed by atoms with Gasteiger partial charge in [0.1, 0.15) is 5.75 Å². The van der Waals surface area contributed by atoms with Crippen molar-refractivity contribution in [2.75, 3.05) is 31.8 Å². The SMILES string of the molecule is CNC(=O)COc1c(-c2cnn(C3COC3)c2)ccc2c1CCC(C)N2C(C)=O. The Morgan fingerprint density at radius 3 is 2.79 bits per heavy atom. The zero-order chi connectivity index (χ0) is 20.5. The number of hydrogen-bond donors (Lipinski definition) is 1. The molecule has 2 aromatic rings. The van der Waals surface area contributed by atoms with E-state index in [-0.39, 0.29) is 30.5 Å². The second-order valence-corrected chi connectivity index (χ2v) is 7.58. The van der Waals surface area contributed by atoms with Gasteiger partial charge in [0.25, 0.3) is 5.91 Å². The van der Waals surface area contributed by atoms with E-state index in [1.807, 2.05) is 34.8 Å². The van der Waals surface area contributed by atoms with Crippen LogP contribution in [0.1, 0.15) is 31.9 Å². The van der Waals surface area contributed by atoms with E-state index in [4.69, 9.17) is 9.47 Å². The normalized spacial score (nSPS) is 18.7. The van der Waals surface area contributed by atoms with Gasteiger partial charge in [0, 0.05) is 42.9 Å². The van der Waals surface area contributed by atoms with Gasteiger partial charge in [-0.2, -0.15) is 5.10 Å². The number of anilines is 1. The maximum atomic E-state index is 12.3. The van der Waals surface area contributed by atoms with Crippen LogP contribution < -0.4 is 15.0 Å². The summed E-state index contributed by atoms with van der Waals surface area (Å²) in [5.41, 5.74) is 3.60. The van der Waals surface area contributed by atoms with E-state index >= 15 is 0 Å². The van der Waals surface area contributed by atoms with Gasteiger partial charge in [0.2, 0.25) is 5.91 Å². The number of ether oxygens (including phenoxy) is 2. The number of benzene rings is 1. The van der Waals surface area contributed by atoms with Crippen molar-refractivity contribution in [3.05, 3.63) is 30.1 Å². The molecule has 8 heteroatoms. The highest BCUT2D eigenvalue weighted by molar-refractivity contribution is 5.95. The summed E-state index contributed by atoms with van der Waals surface area (Å²) >= 11 is 0. The molecule has 0 spiro atoms. The average molecular weight is 398 g/mol. The van der Waals surface area contributed by atoms with Gasteiger partial charge in [-0.05, 0) is 31.9 Å². The fraction of sp³-hybridized carbons (Fsp3) is 0.476. The molecular formula is C21H26N4O4. The van der Waals surface area contributed by atoms with Crippen LogP contribution >= 0.6 is 0 Å². The molecule has 1 saturated heterocycles. The highest BCUT2D eigenvalue weighted by atomic mass is 16.5. The molecule has 1 fully saturated rings. The molecule has 154 valence electrons. The first kappa shape index (κ1) is 19.4. The number of aromatic nitrogens is 2. The van der Waals surface area contributed by atoms with E-state index in [2.05, 4.69) is 10.4 Å². The molecular weight excluding hydrogens is 372 g/mol. The van der Waals surface area contributed by atoms with Crippen molar-refractivity contribution in [2.24, 2.45) is 0 Å². The maximum absolute atomic E-state index is 12.3. The van der Waals surface area contributed by atoms with E-state index in [0.717, 1.165) is 35.2 Å². The van der Waals surface area contributed by atoms with Gasteiger partial charge in [0.15, 0.2) is 6.61 Å². The van der Waals surface area contributed by atoms with Gasteiger partial charge in [-0.3, -0.25) is 14.3 Å². The van der Waals surface area contributed by atoms with Gasteiger partial charge < -0.3 is 19.7 Å². The number of hydrogen-bond acceptors (Lipinski definition) is 5. The summed E-state index contributed by atoms with van der Waals surface area (Å²) in [5.74, 6) is 0.443. The molecule has 3 heterocycles. The first-order chi connectivity index (χ1) is 14.0. The summed E-state index contributed by atoms with van der Waals surface area (Å²) in [6.45, 7) is 4.87. The first-order valence-electron chi connectivity index (χ1n) is 9.91. The Kier molecular flexibility index (Phi) is 5.27. The van der Waals surface area contributed by atoms with Crippen LogP contribution in [0.2, 0.25) is 0 Å². The van der Waals surface area contributed by atoms with E-state index in [1.54, 1.807) is 20.2 Å². The zero-order valence-electron chi connectivity index (χ0n) is 17.0. The Labute approximate surface area is 169 Å². The Morgan fingerprint density at radius 1 is 1.34 bits per heavy atom. The molecule has 1 N–H and O–H groups in total. The number of nitrogens with zero attached hydrogens (tertiary/aromatic N) is 3. The molecule has 2 amide bonds. The molecule has 2 aliphatic rings. The maximum Gasteiger partial charge on any atom is 0.257 e. The van der Waals surface area contributed by atoms with Crippen molar-refractivity contribution in [1.29, 1.82) is 0 Å². The largest absolute Gasteiger partial charge is 0.483 e. The van der Waals surface area contributed by atoms with Gasteiger partial charge in [0.05, 0.1) is 31.1 Å². The number of fused-ring (bicyclic) bond motifs is 1. The van der Waals surface area contributed by atoms with Crippen molar-refractivity contribution in [2.45, 2.75) is 38.8 Å². The van der Waals surface area contributed by atoms with E-state index in [9.17, 15) is 9.59 Å². The summed E-state index contributed by atoms with van der Waals surface area (Å²) in [7, 11) is 1.58. The topological polar surface area (TPSA) is 85.7 Å². The van der Waals surface area contributed by atoms with Crippen molar-refractivity contribution in [3.63, 3.8) is 0 Å². The van der Waals surface area contributed by atoms with Crippen LogP contribution in [0, 0.1) is 0 Å². The molecule has 4 rings (SSSR count). The molecule has 1 aromatic carbocycles. The van der Waals surface area contributed by atoms with Crippen LogP contribution in [0.4, 0.5) is 5.69 Å². The third-order valence-electron chi connectivity index (χ3n) is 5.62. The second kappa shape index (κ2) is 7.87. The van der Waals surface area contributed by atoms with Gasteiger partial charge in [-0.25, -0.2) is 0 Å². The minimum absolute atomic E-state index is 0.00116. The summed E-state index contributed by atoms with van der Waals surface area (Å²) in [5, 5.41) is 7.06. The Morgan fingerprint density at radius 2 is 2.14 bits per heavy atom. The van der Waals surface area contributed by atoms with Gasteiger partial charge in [-0.15, -0.1) is 0 Å². The third kappa shape index (κ3) is 3.60. The van der Waals surface area contributed by atoms with E-state index in [1.165, 1.54) is 0 Å². The zero-order valence-corrected chi connectivity index (χ0v) is 17.0. The number of carbonyl (C=O) groups excluding carboxylic acids is 2. The monoisotopic (exact) mass is 398 g/mol. The lowest BCUT2D eigenvalue weighted by molar-refractivity contribution is -0.122. The van der Waals surface area contributed by atoms with Crippen molar-refractivity contribution >= 4 is 17.5 Å². The van der Waals surface area contributed by atoms with Crippen LogP contribution in [0.15, 0.2) is 24.5 Å². The molecule has 0 aliphatic carbocycles. The smallest absolute Gasteiger partial charge is 0.257 e. The van der Waals surface area contributed by atoms with Crippen molar-refractivity contribution in [1.82, 2.24) is 15.1 Å². The molecule has 0 saturated carbocycles. The number of likely N-dealkylation sites (N-methyl/N-ethyl adjacent to an activating group) is 1. The Bertz CT molecular complexity index is 935. The molecule has 1 unspecified atom stereocenters. The molecule has 0 radical (unpaired) electrons. The summed E-state index contributed by atoms with van der Waals surface area (Å²) in [6, 6.07) is 4.30. The van der Waals surface area contributed by atoms with Crippen LogP contribution in [0.3, 0.4) is 0 Å². The Hall–Kier alpha value is -2.87. The minimum Gasteiger partial charge on any atom is -0.483 e. The van der Waals surface area contributed by atoms with Crippen LogP contribution in [0.5, 0.6) is 5.75 Å². The number of carbonyl (C=O) groups is 2. The molecule has 2 aliphatic heterocycles. The molecule has 0 bridgehead atoms. The molecule has 29 heavy (non-hydrogen) atoms. The van der Waals surface area contributed by atoms with Gasteiger partial charge >= 0.3 is 0 Å². The average Bonchev–Trinajstić information content (AvgIpc) is 3.12. The lowest BCUT2D eigenvalue weighted by Crippen LogP contribution is -2.41. The minimum atomic E-state index is -0.205. The summed E-state index contributed by atoms with van der Waals surface area (Å²) in [6.07, 6.45) is 5.41. The predicted molar refractivity (Wildman–Crippen MR) is 108 cm³/mol. The lowest BCUT2D eigenvalue weighted by atomic mass is 9.92. The number of rotatable bonds is 5. The first-order valence-corrected chi connectivity index (χ1v) is 9.91. The molecule has 1 aromatic heterocycles. The predicted octanol–water partition coefficient (Wildman–Crippen LogP) is 1.93. The lowest BCUT2D eigenvalue weighted by Gasteiger charge is -2.36. The quantitative estimate of drug-likeness (QED) is 0.832. The van der Waals surface area contributed by atoms with Crippen LogP contribution in [-0.2, 0) is 20.7 Å². The fourth-order valence-corrected chi connectivity index (χ4v) is 3.94. The fourth-order valence-electron chi connectivity index (χ4n) is 3.94. The summed E-state index contributed by atoms with van der Waals surface area (Å²) < 4.78 is 13.2. The van der Waals surface area contributed by atoms with Crippen LogP contribution in [0.25, 0.3) is 11.1 Å². The van der Waals surface area contributed by atoms with E-state index < -0.39 is 0 Å². The van der Waals surface area contributed by atoms with E-state index in [0.29, 0.717) is 19.0 Å². The van der Waals surface area contributed by atoms with Gasteiger partial charge in [-0.1, -0.05) is 0 Å². The standard InChI is InChI=1S/C21H26N4O4/c1-13-4-5-18-19(25(13)14(2)26)7-6-17(21(18)29-12-20(27)22-3)15-8-23-24(9-15)16-10-28-11-16/h6-9,13,16H,4-5,10-12H2,1-3H3,(H,22,27). The number of amides is 2. The highest BCUT2D eigenvalue weighted by Crippen LogP contribution is 2.43. The van der Waals surface area contributed by atoms with Crippen molar-refractivity contribution < 1.29 is 19.1 Å². The number of nitrogens with one attached hydrogen (secondary N) is 1. The molecule has 8 nitrogen and oxygen atoms in total. The Balaban J connectivity index is 1.77. The molecule has 1 atom stereocenters. The van der Waals surface area contributed by atoms with Crippen LogP contribution in [-0.4, -0.2) is 54.5 Å².